The molecule has 2 N–H and O–H groups in total. The van der Waals surface area contributed by atoms with E-state index in [2.05, 4.69) is 20.6 Å². The number of hydrogen-bond donors (Lipinski definition) is 2. The van der Waals surface area contributed by atoms with Crippen molar-refractivity contribution in [1.82, 2.24) is 25.5 Å². The minimum atomic E-state index is -0.708. The van der Waals surface area contributed by atoms with Crippen molar-refractivity contribution in [2.75, 3.05) is 6.54 Å². The first-order valence-electron chi connectivity index (χ1n) is 20.0. The Labute approximate surface area is 308 Å². The molecule has 3 aliphatic carbocycles. The predicted molar refractivity (Wildman–Crippen MR) is 197 cm³/mol. The fraction of sp³-hybridized carbons (Fsp3) is 0.707. The zero-order valence-corrected chi connectivity index (χ0v) is 31.4. The summed E-state index contributed by atoms with van der Waals surface area (Å²) in [5, 5.41) is 6.01. The summed E-state index contributed by atoms with van der Waals surface area (Å²) in [5.41, 5.74) is 1.15. The first-order chi connectivity index (χ1) is 25.0. The quantitative estimate of drug-likeness (QED) is 0.136. The van der Waals surface area contributed by atoms with Crippen LogP contribution in [0, 0.1) is 29.6 Å². The Balaban J connectivity index is 1.35. The molecular formula is C41H59N5O6. The third kappa shape index (κ3) is 10.7. The van der Waals surface area contributed by atoms with Gasteiger partial charge in [-0.15, -0.1) is 0 Å². The van der Waals surface area contributed by atoms with Gasteiger partial charge in [-0.1, -0.05) is 44.6 Å². The van der Waals surface area contributed by atoms with Crippen LogP contribution in [0.4, 0.5) is 0 Å². The van der Waals surface area contributed by atoms with Gasteiger partial charge in [0.15, 0.2) is 11.6 Å². The van der Waals surface area contributed by atoms with E-state index in [1.54, 1.807) is 11.0 Å². The van der Waals surface area contributed by atoms with Gasteiger partial charge < -0.3 is 15.5 Å². The molecule has 4 fully saturated rings. The van der Waals surface area contributed by atoms with Gasteiger partial charge >= 0.3 is 0 Å². The lowest BCUT2D eigenvalue weighted by Gasteiger charge is -2.34. The van der Waals surface area contributed by atoms with E-state index in [9.17, 15) is 28.8 Å². The normalized spacial score (nSPS) is 23.2. The summed E-state index contributed by atoms with van der Waals surface area (Å²) < 4.78 is 0. The van der Waals surface area contributed by atoms with Crippen molar-refractivity contribution in [1.29, 1.82) is 0 Å². The molecule has 11 nitrogen and oxygen atoms in total. The van der Waals surface area contributed by atoms with Gasteiger partial charge in [0.25, 0.3) is 11.8 Å². The van der Waals surface area contributed by atoms with Gasteiger partial charge in [-0.2, -0.15) is 0 Å². The van der Waals surface area contributed by atoms with Crippen molar-refractivity contribution >= 4 is 35.1 Å². The number of carbonyl (C=O) groups excluding carboxylic acids is 6. The maximum absolute atomic E-state index is 14.8. The lowest BCUT2D eigenvalue weighted by Crippen LogP contribution is -2.47. The van der Waals surface area contributed by atoms with Crippen LogP contribution in [0.5, 0.6) is 0 Å². The third-order valence-corrected chi connectivity index (χ3v) is 11.8. The van der Waals surface area contributed by atoms with E-state index in [1.807, 2.05) is 20.8 Å². The zero-order valence-electron chi connectivity index (χ0n) is 31.4. The topological polar surface area (TPSA) is 156 Å². The maximum Gasteiger partial charge on any atom is 0.287 e. The van der Waals surface area contributed by atoms with Gasteiger partial charge in [-0.25, -0.2) is 4.98 Å². The Morgan fingerprint density at radius 1 is 0.885 bits per heavy atom. The molecule has 1 aromatic heterocycles. The van der Waals surface area contributed by atoms with E-state index in [4.69, 9.17) is 0 Å². The maximum atomic E-state index is 14.8. The molecule has 0 aromatic carbocycles. The van der Waals surface area contributed by atoms with Crippen LogP contribution < -0.4 is 10.6 Å². The van der Waals surface area contributed by atoms with Gasteiger partial charge in [-0.05, 0) is 102 Å². The fourth-order valence-corrected chi connectivity index (χ4v) is 8.99. The predicted octanol–water partition coefficient (Wildman–Crippen LogP) is 5.72. The largest absolute Gasteiger partial charge is 0.348 e. The summed E-state index contributed by atoms with van der Waals surface area (Å²) in [4.78, 5) is 91.2. The molecule has 1 aromatic rings. The molecule has 4 aliphatic rings. The highest BCUT2D eigenvalue weighted by molar-refractivity contribution is 6.37. The summed E-state index contributed by atoms with van der Waals surface area (Å²) in [6, 6.07) is -0.757. The molecule has 284 valence electrons. The first-order valence-corrected chi connectivity index (χ1v) is 20.0. The molecule has 3 saturated carbocycles. The highest BCUT2D eigenvalue weighted by Gasteiger charge is 2.50. The Morgan fingerprint density at radius 2 is 1.65 bits per heavy atom. The number of likely N-dealkylation sites (tertiary alicyclic amines) is 1. The van der Waals surface area contributed by atoms with Crippen LogP contribution in [0.2, 0.25) is 0 Å². The van der Waals surface area contributed by atoms with E-state index in [0.717, 1.165) is 69.8 Å². The number of Topliss-reactive ketones (excluding diaryl/α,β-unsaturated/α-hetero) is 2. The zero-order chi connectivity index (χ0) is 37.2. The lowest BCUT2D eigenvalue weighted by atomic mass is 9.80. The monoisotopic (exact) mass is 717 g/mol. The molecule has 11 heteroatoms. The summed E-state index contributed by atoms with van der Waals surface area (Å²) in [6.07, 6.45) is 18.6. The molecule has 6 atom stereocenters. The van der Waals surface area contributed by atoms with Crippen molar-refractivity contribution in [3.8, 4) is 0 Å². The molecule has 0 unspecified atom stereocenters. The number of carbonyl (C=O) groups is 6. The van der Waals surface area contributed by atoms with Crippen LogP contribution in [0.3, 0.4) is 0 Å². The molecule has 1 aliphatic heterocycles. The van der Waals surface area contributed by atoms with Crippen LogP contribution in [0.25, 0.3) is 0 Å². The molecular weight excluding hydrogens is 658 g/mol. The number of allylic oxidation sites excluding steroid dienone is 2. The fourth-order valence-electron chi connectivity index (χ4n) is 8.99. The number of amides is 3. The molecule has 2 heterocycles. The highest BCUT2D eigenvalue weighted by atomic mass is 16.2. The molecule has 0 bridgehead atoms. The van der Waals surface area contributed by atoms with Crippen molar-refractivity contribution in [3.05, 3.63) is 35.9 Å². The van der Waals surface area contributed by atoms with Crippen molar-refractivity contribution in [3.63, 3.8) is 0 Å². The van der Waals surface area contributed by atoms with Gasteiger partial charge in [0.2, 0.25) is 11.7 Å². The van der Waals surface area contributed by atoms with Crippen molar-refractivity contribution in [2.45, 2.75) is 148 Å². The SMILES string of the molecule is CCC[C@H](CC(=O)[C@@H]1[C@H]2CCC[C@H]2CN1C(=O)[C@H](CCC(=O)C=C(C)C)CC[C@@H](NC(=O)c1cnccn1)C1CCCCC1)C(=O)C(=O)NC1CC1. The minimum absolute atomic E-state index is 0.0309. The minimum Gasteiger partial charge on any atom is -0.348 e. The molecule has 3 amide bonds. The van der Waals surface area contributed by atoms with E-state index < -0.39 is 29.6 Å². The van der Waals surface area contributed by atoms with Crippen molar-refractivity contribution < 1.29 is 28.8 Å². The van der Waals surface area contributed by atoms with Gasteiger partial charge in [0, 0.05) is 55.7 Å². The summed E-state index contributed by atoms with van der Waals surface area (Å²) in [7, 11) is 0. The average molecular weight is 718 g/mol. The molecule has 0 radical (unpaired) electrons. The van der Waals surface area contributed by atoms with Gasteiger partial charge in [0.05, 0.1) is 12.2 Å². The Hall–Kier alpha value is -3.76. The number of aromatic nitrogens is 2. The first kappa shape index (κ1) is 39.4. The number of rotatable bonds is 19. The van der Waals surface area contributed by atoms with Gasteiger partial charge in [0.1, 0.15) is 5.69 Å². The Morgan fingerprint density at radius 3 is 2.33 bits per heavy atom. The highest BCUT2D eigenvalue weighted by Crippen LogP contribution is 2.44. The number of hydrogen-bond acceptors (Lipinski definition) is 8. The second-order valence-electron chi connectivity index (χ2n) is 16.1. The Bertz CT molecular complexity index is 1460. The average Bonchev–Trinajstić information content (AvgIpc) is 3.70. The second-order valence-corrected chi connectivity index (χ2v) is 16.1. The van der Waals surface area contributed by atoms with Crippen LogP contribution in [0.1, 0.15) is 140 Å². The molecule has 1 saturated heterocycles. The van der Waals surface area contributed by atoms with Crippen molar-refractivity contribution in [2.24, 2.45) is 29.6 Å². The number of nitrogens with one attached hydrogen (secondary N) is 2. The molecule has 0 spiro atoms. The van der Waals surface area contributed by atoms with E-state index in [1.165, 1.54) is 18.6 Å². The second kappa shape index (κ2) is 18.8. The Kier molecular flexibility index (Phi) is 14.3. The smallest absolute Gasteiger partial charge is 0.287 e. The van der Waals surface area contributed by atoms with Gasteiger partial charge in [-0.3, -0.25) is 33.8 Å². The lowest BCUT2D eigenvalue weighted by molar-refractivity contribution is -0.144. The van der Waals surface area contributed by atoms with E-state index >= 15 is 0 Å². The number of fused-ring (bicyclic) bond motifs is 1. The molecule has 52 heavy (non-hydrogen) atoms. The number of ketones is 3. The van der Waals surface area contributed by atoms with Crippen LogP contribution in [-0.4, -0.2) is 74.6 Å². The standard InChI is InChI=1S/C41H59N5O6/c1-4-9-29(38(49)40(51)44-31-16-17-31)23-36(48)37-33-13-8-12-30(33)25-46(37)41(52)28(14-18-32(47)22-26(2)3)15-19-34(27-10-6-5-7-11-27)45-39(50)35-24-42-20-21-43-35/h20-22,24,27-31,33-34,37H,4-19,23,25H2,1-3H3,(H,44,51)(H,45,50)/t28-,29-,30+,33+,34-,37+/m1/s1. The van der Waals surface area contributed by atoms with E-state index in [-0.39, 0.29) is 71.8 Å². The third-order valence-electron chi connectivity index (χ3n) is 11.8. The van der Waals surface area contributed by atoms with Crippen LogP contribution in [-0.2, 0) is 24.0 Å². The van der Waals surface area contributed by atoms with Crippen LogP contribution in [0.15, 0.2) is 30.2 Å². The summed E-state index contributed by atoms with van der Waals surface area (Å²) >= 11 is 0. The number of nitrogens with zero attached hydrogens (tertiary/aromatic N) is 3. The van der Waals surface area contributed by atoms with Crippen LogP contribution >= 0.6 is 0 Å². The van der Waals surface area contributed by atoms with E-state index in [0.29, 0.717) is 38.6 Å². The molecule has 5 rings (SSSR count). The summed E-state index contributed by atoms with van der Waals surface area (Å²) in [5.74, 6) is -2.42. The summed E-state index contributed by atoms with van der Waals surface area (Å²) in [6.45, 7) is 6.18.